The van der Waals surface area contributed by atoms with Gasteiger partial charge in [-0.05, 0) is 50.9 Å². The van der Waals surface area contributed by atoms with Gasteiger partial charge in [-0.3, -0.25) is 0 Å². The summed E-state index contributed by atoms with van der Waals surface area (Å²) in [4.78, 5) is 0. The molecule has 1 unspecified atom stereocenters. The number of halogens is 2. The fourth-order valence-corrected chi connectivity index (χ4v) is 3.03. The zero-order valence-electron chi connectivity index (χ0n) is 13.1. The summed E-state index contributed by atoms with van der Waals surface area (Å²) >= 11 is 6.16. The van der Waals surface area contributed by atoms with E-state index >= 15 is 0 Å². The molecule has 0 spiro atoms. The molecular weight excluding hydrogens is 313 g/mol. The molecule has 1 aromatic rings. The Hall–Kier alpha value is -0.650. The second-order valence-corrected chi connectivity index (χ2v) is 8.89. The SMILES string of the molecule is CCCNC(c1cc(C)c(F)cc1Cl)C(C)(C)S(C)(=O)=O. The lowest BCUT2D eigenvalue weighted by Crippen LogP contribution is -2.45. The van der Waals surface area contributed by atoms with Crippen LogP contribution in [0.2, 0.25) is 5.02 Å². The number of benzene rings is 1. The molecule has 0 aromatic heterocycles. The minimum absolute atomic E-state index is 0.239. The lowest BCUT2D eigenvalue weighted by Gasteiger charge is -2.34. The highest BCUT2D eigenvalue weighted by Crippen LogP contribution is 2.36. The molecule has 0 aliphatic heterocycles. The zero-order chi connectivity index (χ0) is 16.4. The van der Waals surface area contributed by atoms with Gasteiger partial charge in [-0.1, -0.05) is 24.6 Å². The maximum absolute atomic E-state index is 13.6. The van der Waals surface area contributed by atoms with Crippen molar-refractivity contribution in [3.05, 3.63) is 34.1 Å². The highest BCUT2D eigenvalue weighted by atomic mass is 35.5. The van der Waals surface area contributed by atoms with Gasteiger partial charge in [0.25, 0.3) is 0 Å². The molecule has 0 aliphatic rings. The fraction of sp³-hybridized carbons (Fsp3) is 0.600. The molecule has 0 fully saturated rings. The van der Waals surface area contributed by atoms with Gasteiger partial charge in [0.2, 0.25) is 0 Å². The molecule has 6 heteroatoms. The zero-order valence-corrected chi connectivity index (χ0v) is 14.7. The predicted octanol–water partition coefficient (Wildman–Crippen LogP) is 3.65. The lowest BCUT2D eigenvalue weighted by atomic mass is 9.93. The quantitative estimate of drug-likeness (QED) is 0.863. The largest absolute Gasteiger partial charge is 0.309 e. The Balaban J connectivity index is 3.43. The standard InChI is InChI=1S/C15H23ClFNO2S/c1-6-7-18-14(15(3,4)21(5,19)20)11-8-10(2)13(17)9-12(11)16/h8-9,14,18H,6-7H2,1-5H3. The van der Waals surface area contributed by atoms with Crippen LogP contribution in [-0.4, -0.2) is 26.0 Å². The summed E-state index contributed by atoms with van der Waals surface area (Å²) in [6.07, 6.45) is 2.06. The summed E-state index contributed by atoms with van der Waals surface area (Å²) in [5, 5.41) is 3.47. The summed E-state index contributed by atoms with van der Waals surface area (Å²) in [6.45, 7) is 7.60. The fourth-order valence-electron chi connectivity index (χ4n) is 2.13. The molecular formula is C15H23ClFNO2S. The van der Waals surface area contributed by atoms with Gasteiger partial charge in [-0.2, -0.15) is 0 Å². The van der Waals surface area contributed by atoms with E-state index in [2.05, 4.69) is 5.32 Å². The van der Waals surface area contributed by atoms with Gasteiger partial charge in [0.15, 0.2) is 9.84 Å². The Bertz CT molecular complexity index is 614. The molecule has 3 nitrogen and oxygen atoms in total. The summed E-state index contributed by atoms with van der Waals surface area (Å²) in [5.74, 6) is -0.393. The van der Waals surface area contributed by atoms with Crippen molar-refractivity contribution in [1.82, 2.24) is 5.32 Å². The Labute approximate surface area is 131 Å². The van der Waals surface area contributed by atoms with E-state index in [4.69, 9.17) is 11.6 Å². The van der Waals surface area contributed by atoms with Crippen molar-refractivity contribution in [2.24, 2.45) is 0 Å². The van der Waals surface area contributed by atoms with Crippen LogP contribution in [-0.2, 0) is 9.84 Å². The number of rotatable bonds is 6. The van der Waals surface area contributed by atoms with Gasteiger partial charge in [0.1, 0.15) is 5.82 Å². The van der Waals surface area contributed by atoms with Crippen molar-refractivity contribution < 1.29 is 12.8 Å². The first kappa shape index (κ1) is 18.4. The molecule has 21 heavy (non-hydrogen) atoms. The van der Waals surface area contributed by atoms with E-state index in [0.29, 0.717) is 17.7 Å². The van der Waals surface area contributed by atoms with Gasteiger partial charge in [0.05, 0.1) is 10.8 Å². The summed E-state index contributed by atoms with van der Waals surface area (Å²) in [5.41, 5.74) is 1.06. The van der Waals surface area contributed by atoms with Crippen molar-refractivity contribution in [2.45, 2.75) is 44.9 Å². The van der Waals surface area contributed by atoms with Crippen LogP contribution in [0.1, 0.15) is 44.4 Å². The molecule has 1 atom stereocenters. The van der Waals surface area contributed by atoms with Crippen LogP contribution in [0.5, 0.6) is 0 Å². The van der Waals surface area contributed by atoms with E-state index in [1.807, 2.05) is 6.92 Å². The Kier molecular flexibility index (Phi) is 5.81. The van der Waals surface area contributed by atoms with Gasteiger partial charge < -0.3 is 5.32 Å². The summed E-state index contributed by atoms with van der Waals surface area (Å²) in [7, 11) is -3.33. The molecule has 1 aromatic carbocycles. The molecule has 1 rings (SSSR count). The molecule has 0 aliphatic carbocycles. The third kappa shape index (κ3) is 3.96. The van der Waals surface area contributed by atoms with E-state index in [-0.39, 0.29) is 5.02 Å². The molecule has 0 bridgehead atoms. The molecule has 0 saturated heterocycles. The maximum Gasteiger partial charge on any atom is 0.154 e. The average molecular weight is 336 g/mol. The van der Waals surface area contributed by atoms with Gasteiger partial charge in [-0.25, -0.2) is 12.8 Å². The number of hydrogen-bond donors (Lipinski definition) is 1. The molecule has 0 heterocycles. The smallest absolute Gasteiger partial charge is 0.154 e. The number of nitrogens with one attached hydrogen (secondary N) is 1. The third-order valence-corrected chi connectivity index (χ3v) is 6.31. The van der Waals surface area contributed by atoms with E-state index in [9.17, 15) is 12.8 Å². The Morgan fingerprint density at radius 3 is 2.43 bits per heavy atom. The van der Waals surface area contributed by atoms with Crippen LogP contribution in [0, 0.1) is 12.7 Å². The van der Waals surface area contributed by atoms with E-state index in [0.717, 1.165) is 6.42 Å². The lowest BCUT2D eigenvalue weighted by molar-refractivity contribution is 0.419. The average Bonchev–Trinajstić information content (AvgIpc) is 2.34. The van der Waals surface area contributed by atoms with Gasteiger partial charge in [0, 0.05) is 11.3 Å². The van der Waals surface area contributed by atoms with Crippen molar-refractivity contribution in [1.29, 1.82) is 0 Å². The molecule has 0 radical (unpaired) electrons. The first-order chi connectivity index (χ1) is 9.52. The minimum Gasteiger partial charge on any atom is -0.309 e. The Morgan fingerprint density at radius 2 is 1.95 bits per heavy atom. The topological polar surface area (TPSA) is 46.2 Å². The van der Waals surface area contributed by atoms with Crippen LogP contribution in [0.25, 0.3) is 0 Å². The first-order valence-electron chi connectivity index (χ1n) is 6.91. The molecule has 1 N–H and O–H groups in total. The van der Waals surface area contributed by atoms with Gasteiger partial charge in [-0.15, -0.1) is 0 Å². The Morgan fingerprint density at radius 1 is 1.38 bits per heavy atom. The van der Waals surface area contributed by atoms with Crippen LogP contribution in [0.15, 0.2) is 12.1 Å². The van der Waals surface area contributed by atoms with E-state index in [1.165, 1.54) is 12.3 Å². The third-order valence-electron chi connectivity index (χ3n) is 3.84. The minimum atomic E-state index is -3.33. The van der Waals surface area contributed by atoms with Crippen molar-refractivity contribution in [3.63, 3.8) is 0 Å². The number of aryl methyl sites for hydroxylation is 1. The molecule has 0 amide bonds. The van der Waals surface area contributed by atoms with Crippen molar-refractivity contribution in [3.8, 4) is 0 Å². The van der Waals surface area contributed by atoms with Crippen LogP contribution >= 0.6 is 11.6 Å². The normalized spacial score (nSPS) is 14.2. The second-order valence-electron chi connectivity index (χ2n) is 5.89. The van der Waals surface area contributed by atoms with E-state index in [1.54, 1.807) is 26.8 Å². The number of sulfone groups is 1. The van der Waals surface area contributed by atoms with Crippen LogP contribution in [0.4, 0.5) is 4.39 Å². The highest BCUT2D eigenvalue weighted by Gasteiger charge is 2.40. The monoisotopic (exact) mass is 335 g/mol. The summed E-state index contributed by atoms with van der Waals surface area (Å²) in [6, 6.07) is 2.36. The molecule has 120 valence electrons. The molecule has 0 saturated carbocycles. The highest BCUT2D eigenvalue weighted by molar-refractivity contribution is 7.92. The van der Waals surface area contributed by atoms with Gasteiger partial charge >= 0.3 is 0 Å². The van der Waals surface area contributed by atoms with Crippen molar-refractivity contribution >= 4 is 21.4 Å². The summed E-state index contributed by atoms with van der Waals surface area (Å²) < 4.78 is 36.8. The second kappa shape index (κ2) is 6.63. The first-order valence-corrected chi connectivity index (χ1v) is 9.17. The van der Waals surface area contributed by atoms with Crippen LogP contribution < -0.4 is 5.32 Å². The predicted molar refractivity (Wildman–Crippen MR) is 86.1 cm³/mol. The van der Waals surface area contributed by atoms with Crippen LogP contribution in [0.3, 0.4) is 0 Å². The number of hydrogen-bond acceptors (Lipinski definition) is 3. The van der Waals surface area contributed by atoms with Crippen molar-refractivity contribution in [2.75, 3.05) is 12.8 Å². The van der Waals surface area contributed by atoms with E-state index < -0.39 is 26.4 Å². The maximum atomic E-state index is 13.6.